The molecular weight excluding hydrogens is 408 g/mol. The molecule has 0 N–H and O–H groups in total. The van der Waals surface area contributed by atoms with Crippen molar-refractivity contribution in [3.8, 4) is 17.3 Å². The van der Waals surface area contributed by atoms with Crippen molar-refractivity contribution >= 4 is 28.1 Å². The van der Waals surface area contributed by atoms with Gasteiger partial charge >= 0.3 is 0 Å². The number of nitriles is 1. The van der Waals surface area contributed by atoms with Gasteiger partial charge in [0.25, 0.3) is 0 Å². The Morgan fingerprint density at radius 1 is 1.06 bits per heavy atom. The molecule has 5 rings (SSSR count). The maximum Gasteiger partial charge on any atom is 0.186 e. The first-order valence-electron chi connectivity index (χ1n) is 10.8. The number of fused-ring (bicyclic) bond motifs is 1. The number of aromatic nitrogens is 4. The minimum absolute atomic E-state index is 0.537. The van der Waals surface area contributed by atoms with E-state index in [1.165, 1.54) is 6.42 Å². The molecule has 1 fully saturated rings. The Bertz CT molecular complexity index is 1120. The fourth-order valence-electron chi connectivity index (χ4n) is 4.07. The zero-order valence-corrected chi connectivity index (χ0v) is 18.1. The maximum atomic E-state index is 10.0. The zero-order chi connectivity index (χ0) is 21.0. The molecule has 0 radical (unpaired) electrons. The van der Waals surface area contributed by atoms with E-state index in [4.69, 9.17) is 9.72 Å². The third-order valence-electron chi connectivity index (χ3n) is 5.72. The minimum Gasteiger partial charge on any atom is -0.378 e. The van der Waals surface area contributed by atoms with Crippen LogP contribution in [-0.2, 0) is 17.7 Å². The molecular formula is C23H24N6OS. The molecule has 0 amide bonds. The average Bonchev–Trinajstić information content (AvgIpc) is 3.35. The number of thiazole rings is 1. The van der Waals surface area contributed by atoms with Crippen LogP contribution in [0.5, 0.6) is 0 Å². The molecule has 31 heavy (non-hydrogen) atoms. The van der Waals surface area contributed by atoms with Gasteiger partial charge in [-0.2, -0.15) is 5.26 Å². The number of hydrogen-bond acceptors (Lipinski definition) is 7. The first kappa shape index (κ1) is 19.9. The van der Waals surface area contributed by atoms with E-state index in [-0.39, 0.29) is 0 Å². The first-order chi connectivity index (χ1) is 15.3. The van der Waals surface area contributed by atoms with Gasteiger partial charge in [0, 0.05) is 31.6 Å². The van der Waals surface area contributed by atoms with Gasteiger partial charge in [0.2, 0.25) is 0 Å². The molecule has 2 aliphatic rings. The summed E-state index contributed by atoms with van der Waals surface area (Å²) in [6.07, 6.45) is 6.26. The summed E-state index contributed by atoms with van der Waals surface area (Å²) in [7, 11) is 0. The fourth-order valence-corrected chi connectivity index (χ4v) is 5.16. The third-order valence-corrected chi connectivity index (χ3v) is 6.78. The SMILES string of the molecule is N#C/C(=C/c1sc(N2CCOCC2)nc1-c1ccccc1)c1nnc2n1CCCCC2. The van der Waals surface area contributed by atoms with Gasteiger partial charge in [0.15, 0.2) is 11.0 Å². The maximum absolute atomic E-state index is 10.0. The van der Waals surface area contributed by atoms with Crippen LogP contribution in [0.2, 0.25) is 0 Å². The molecule has 1 saturated heterocycles. The molecule has 3 aromatic rings. The van der Waals surface area contributed by atoms with Crippen LogP contribution >= 0.6 is 11.3 Å². The summed E-state index contributed by atoms with van der Waals surface area (Å²) in [6, 6.07) is 12.5. The number of rotatable bonds is 4. The van der Waals surface area contributed by atoms with E-state index in [9.17, 15) is 5.26 Å². The Hall–Kier alpha value is -3.02. The highest BCUT2D eigenvalue weighted by Crippen LogP contribution is 2.36. The van der Waals surface area contributed by atoms with Crippen LogP contribution in [0.3, 0.4) is 0 Å². The van der Waals surface area contributed by atoms with Gasteiger partial charge in [-0.1, -0.05) is 48.1 Å². The van der Waals surface area contributed by atoms with Gasteiger partial charge in [0.1, 0.15) is 11.9 Å². The Morgan fingerprint density at radius 2 is 1.90 bits per heavy atom. The number of ether oxygens (including phenoxy) is 1. The lowest BCUT2D eigenvalue weighted by atomic mass is 10.1. The highest BCUT2D eigenvalue weighted by Gasteiger charge is 2.22. The van der Waals surface area contributed by atoms with Crippen LogP contribution in [0.1, 0.15) is 35.8 Å². The van der Waals surface area contributed by atoms with Gasteiger partial charge < -0.3 is 14.2 Å². The highest BCUT2D eigenvalue weighted by molar-refractivity contribution is 7.17. The first-order valence-corrected chi connectivity index (χ1v) is 11.6. The molecule has 0 unspecified atom stereocenters. The third kappa shape index (κ3) is 4.11. The van der Waals surface area contributed by atoms with E-state index < -0.39 is 0 Å². The summed E-state index contributed by atoms with van der Waals surface area (Å²) in [4.78, 5) is 8.19. The minimum atomic E-state index is 0.537. The lowest BCUT2D eigenvalue weighted by Gasteiger charge is -2.26. The Morgan fingerprint density at radius 3 is 2.71 bits per heavy atom. The van der Waals surface area contributed by atoms with Crippen molar-refractivity contribution in [2.75, 3.05) is 31.2 Å². The lowest BCUT2D eigenvalue weighted by Crippen LogP contribution is -2.36. The molecule has 7 nitrogen and oxygen atoms in total. The molecule has 8 heteroatoms. The molecule has 158 valence electrons. The summed E-state index contributed by atoms with van der Waals surface area (Å²) in [5.41, 5.74) is 2.48. The van der Waals surface area contributed by atoms with Crippen molar-refractivity contribution in [3.05, 3.63) is 46.9 Å². The Kier molecular flexibility index (Phi) is 5.78. The standard InChI is InChI=1S/C23H24N6OS/c24-16-18(22-27-26-20-9-5-2-6-10-29(20)22)15-19-21(17-7-3-1-4-8-17)25-23(31-19)28-11-13-30-14-12-28/h1,3-4,7-8,15H,2,5-6,9-14H2/b18-15-. The van der Waals surface area contributed by atoms with E-state index in [2.05, 4.69) is 37.9 Å². The van der Waals surface area contributed by atoms with E-state index in [1.54, 1.807) is 11.3 Å². The topological polar surface area (TPSA) is 79.9 Å². The largest absolute Gasteiger partial charge is 0.378 e. The number of aryl methyl sites for hydroxylation is 1. The summed E-state index contributed by atoms with van der Waals surface area (Å²) in [5, 5.41) is 19.7. The number of benzene rings is 1. The molecule has 0 bridgehead atoms. The monoisotopic (exact) mass is 432 g/mol. The Balaban J connectivity index is 1.58. The van der Waals surface area contributed by atoms with Gasteiger partial charge in [-0.15, -0.1) is 10.2 Å². The van der Waals surface area contributed by atoms with Crippen LogP contribution in [0.4, 0.5) is 5.13 Å². The number of morpholine rings is 1. The van der Waals surface area contributed by atoms with Crippen LogP contribution in [-0.4, -0.2) is 46.1 Å². The molecule has 2 aliphatic heterocycles. The van der Waals surface area contributed by atoms with Crippen molar-refractivity contribution in [3.63, 3.8) is 0 Å². The second-order valence-corrected chi connectivity index (χ2v) is 8.76. The van der Waals surface area contributed by atoms with Crippen LogP contribution in [0.15, 0.2) is 30.3 Å². The molecule has 0 atom stereocenters. The summed E-state index contributed by atoms with van der Waals surface area (Å²) < 4.78 is 7.62. The fraction of sp³-hybridized carbons (Fsp3) is 0.391. The van der Waals surface area contributed by atoms with E-state index in [0.29, 0.717) is 24.6 Å². The lowest BCUT2D eigenvalue weighted by molar-refractivity contribution is 0.122. The number of nitrogens with zero attached hydrogens (tertiary/aromatic N) is 6. The predicted molar refractivity (Wildman–Crippen MR) is 122 cm³/mol. The molecule has 0 spiro atoms. The van der Waals surface area contributed by atoms with Crippen molar-refractivity contribution in [1.29, 1.82) is 5.26 Å². The quantitative estimate of drug-likeness (QED) is 0.579. The van der Waals surface area contributed by atoms with Crippen LogP contribution < -0.4 is 4.90 Å². The van der Waals surface area contributed by atoms with Crippen molar-refractivity contribution < 1.29 is 4.74 Å². The molecule has 0 aliphatic carbocycles. The van der Waals surface area contributed by atoms with Crippen molar-refractivity contribution in [2.45, 2.75) is 32.2 Å². The number of allylic oxidation sites excluding steroid dienone is 1. The van der Waals surface area contributed by atoms with Crippen molar-refractivity contribution in [2.24, 2.45) is 0 Å². The van der Waals surface area contributed by atoms with Crippen molar-refractivity contribution in [1.82, 2.24) is 19.7 Å². The molecule has 4 heterocycles. The van der Waals surface area contributed by atoms with Gasteiger partial charge in [-0.05, 0) is 18.9 Å². The summed E-state index contributed by atoms with van der Waals surface area (Å²) in [5.74, 6) is 1.65. The van der Waals surface area contributed by atoms with Crippen LogP contribution in [0, 0.1) is 11.3 Å². The molecule has 0 saturated carbocycles. The van der Waals surface area contributed by atoms with E-state index in [1.807, 2.05) is 24.3 Å². The summed E-state index contributed by atoms with van der Waals surface area (Å²) >= 11 is 1.62. The number of anilines is 1. The highest BCUT2D eigenvalue weighted by atomic mass is 32.1. The average molecular weight is 433 g/mol. The number of hydrogen-bond donors (Lipinski definition) is 0. The van der Waals surface area contributed by atoms with Gasteiger partial charge in [-0.3, -0.25) is 0 Å². The molecule has 2 aromatic heterocycles. The van der Waals surface area contributed by atoms with Gasteiger partial charge in [-0.25, -0.2) is 4.98 Å². The Labute approximate surface area is 185 Å². The summed E-state index contributed by atoms with van der Waals surface area (Å²) in [6.45, 7) is 3.94. The predicted octanol–water partition coefficient (Wildman–Crippen LogP) is 4.03. The zero-order valence-electron chi connectivity index (χ0n) is 17.3. The van der Waals surface area contributed by atoms with E-state index >= 15 is 0 Å². The normalized spacial score (nSPS) is 17.1. The van der Waals surface area contributed by atoms with E-state index in [0.717, 1.165) is 66.0 Å². The smallest absolute Gasteiger partial charge is 0.186 e. The van der Waals surface area contributed by atoms with Gasteiger partial charge in [0.05, 0.1) is 29.4 Å². The molecule has 1 aromatic carbocycles. The second-order valence-electron chi connectivity index (χ2n) is 7.75. The second kappa shape index (κ2) is 9.00. The van der Waals surface area contributed by atoms with Crippen LogP contribution in [0.25, 0.3) is 22.9 Å².